The molecule has 0 aromatic carbocycles. The van der Waals surface area contributed by atoms with Crippen molar-refractivity contribution in [2.75, 3.05) is 0 Å². The molecule has 1 rings (SSSR count). The average molecular weight is 176 g/mol. The molecule has 0 fully saturated rings. The van der Waals surface area contributed by atoms with E-state index in [2.05, 4.69) is 11.8 Å². The van der Waals surface area contributed by atoms with Crippen LogP contribution in [0.1, 0.15) is 6.92 Å². The molecule has 0 bridgehead atoms. The van der Waals surface area contributed by atoms with Gasteiger partial charge < -0.3 is 5.11 Å². The van der Waals surface area contributed by atoms with E-state index < -0.39 is 6.10 Å². The van der Waals surface area contributed by atoms with E-state index in [0.29, 0.717) is 0 Å². The van der Waals surface area contributed by atoms with E-state index in [9.17, 15) is 9.59 Å². The molecule has 0 aliphatic heterocycles. The van der Waals surface area contributed by atoms with Crippen molar-refractivity contribution in [1.29, 1.82) is 0 Å². The number of carbonyl (C=O) groups excluding carboxylic acids is 2. The largest absolute Gasteiger partial charge is 0.381 e. The first kappa shape index (κ1) is 9.43. The second kappa shape index (κ2) is 3.83. The van der Waals surface area contributed by atoms with Crippen LogP contribution in [0.25, 0.3) is 0 Å². The number of allylic oxidation sites excluding steroid dienone is 4. The van der Waals surface area contributed by atoms with Crippen LogP contribution in [0, 0.1) is 11.8 Å². The molecule has 13 heavy (non-hydrogen) atoms. The molecule has 3 heteroatoms. The Morgan fingerprint density at radius 1 is 1.38 bits per heavy atom. The molecule has 0 amide bonds. The summed E-state index contributed by atoms with van der Waals surface area (Å²) in [5.74, 6) is 4.28. The Labute approximate surface area is 75.8 Å². The van der Waals surface area contributed by atoms with Gasteiger partial charge >= 0.3 is 0 Å². The molecule has 0 aromatic rings. The molecule has 0 heterocycles. The van der Waals surface area contributed by atoms with Gasteiger partial charge in [0.25, 0.3) is 0 Å². The van der Waals surface area contributed by atoms with Crippen molar-refractivity contribution in [3.05, 3.63) is 23.8 Å². The number of rotatable bonds is 0. The Kier molecular flexibility index (Phi) is 2.78. The van der Waals surface area contributed by atoms with E-state index in [1.54, 1.807) is 0 Å². The number of ketones is 2. The van der Waals surface area contributed by atoms with E-state index in [0.717, 1.165) is 6.08 Å². The first-order chi connectivity index (χ1) is 6.09. The molecule has 1 aliphatic rings. The van der Waals surface area contributed by atoms with Crippen LogP contribution in [-0.4, -0.2) is 22.8 Å². The molecule has 66 valence electrons. The Morgan fingerprint density at radius 3 is 2.69 bits per heavy atom. The summed E-state index contributed by atoms with van der Waals surface area (Å²) < 4.78 is 0. The molecule has 0 radical (unpaired) electrons. The number of aliphatic hydroxyl groups is 1. The third-order valence-electron chi connectivity index (χ3n) is 1.37. The summed E-state index contributed by atoms with van der Waals surface area (Å²) in [6, 6.07) is 0. The number of hydrogen-bond donors (Lipinski definition) is 1. The van der Waals surface area contributed by atoms with Gasteiger partial charge in [-0.1, -0.05) is 11.8 Å². The van der Waals surface area contributed by atoms with Crippen LogP contribution in [-0.2, 0) is 9.59 Å². The van der Waals surface area contributed by atoms with Gasteiger partial charge in [0, 0.05) is 6.08 Å². The summed E-state index contributed by atoms with van der Waals surface area (Å²) in [7, 11) is 0. The predicted molar refractivity (Wildman–Crippen MR) is 46.7 cm³/mol. The molecule has 1 N–H and O–H groups in total. The Morgan fingerprint density at radius 2 is 2.08 bits per heavy atom. The Balaban J connectivity index is 2.88. The van der Waals surface area contributed by atoms with Gasteiger partial charge in [-0.15, -0.1) is 0 Å². The lowest BCUT2D eigenvalue weighted by atomic mass is 10.0. The topological polar surface area (TPSA) is 54.4 Å². The first-order valence-corrected chi connectivity index (χ1v) is 3.77. The van der Waals surface area contributed by atoms with Gasteiger partial charge in [0.2, 0.25) is 0 Å². The van der Waals surface area contributed by atoms with E-state index in [1.807, 2.05) is 0 Å². The summed E-state index contributed by atoms with van der Waals surface area (Å²) in [6.07, 6.45) is 2.73. The fourth-order valence-electron chi connectivity index (χ4n) is 0.789. The van der Waals surface area contributed by atoms with Crippen LogP contribution in [0.2, 0.25) is 0 Å². The van der Waals surface area contributed by atoms with Crippen molar-refractivity contribution in [2.24, 2.45) is 0 Å². The lowest BCUT2D eigenvalue weighted by Gasteiger charge is -1.97. The van der Waals surface area contributed by atoms with Crippen molar-refractivity contribution in [3.63, 3.8) is 0 Å². The normalized spacial score (nSPS) is 17.5. The summed E-state index contributed by atoms with van der Waals surface area (Å²) in [5, 5.41) is 8.82. The minimum atomic E-state index is -0.797. The molecule has 0 saturated carbocycles. The molecule has 1 unspecified atom stereocenters. The van der Waals surface area contributed by atoms with Gasteiger partial charge in [0.15, 0.2) is 11.6 Å². The summed E-state index contributed by atoms with van der Waals surface area (Å²) in [6.45, 7) is 1.48. The van der Waals surface area contributed by atoms with Crippen molar-refractivity contribution in [1.82, 2.24) is 0 Å². The average Bonchev–Trinajstić information content (AvgIpc) is 2.06. The predicted octanol–water partition coefficient (Wildman–Crippen LogP) is 0.00500. The van der Waals surface area contributed by atoms with Crippen LogP contribution < -0.4 is 0 Å². The minimum absolute atomic E-state index is 0.133. The fraction of sp³-hybridized carbons (Fsp3) is 0.200. The van der Waals surface area contributed by atoms with Gasteiger partial charge in [0.05, 0.1) is 5.57 Å². The van der Waals surface area contributed by atoms with E-state index in [-0.39, 0.29) is 17.1 Å². The number of aliphatic hydroxyl groups excluding tert-OH is 1. The summed E-state index contributed by atoms with van der Waals surface area (Å²) in [5.41, 5.74) is 0.133. The molecule has 0 spiro atoms. The highest BCUT2D eigenvalue weighted by molar-refractivity contribution is 6.19. The van der Waals surface area contributed by atoms with E-state index in [1.165, 1.54) is 19.1 Å². The molecule has 1 atom stereocenters. The van der Waals surface area contributed by atoms with Crippen molar-refractivity contribution < 1.29 is 14.7 Å². The van der Waals surface area contributed by atoms with E-state index in [4.69, 9.17) is 5.11 Å². The lowest BCUT2D eigenvalue weighted by molar-refractivity contribution is -0.114. The highest BCUT2D eigenvalue weighted by Crippen LogP contribution is 2.03. The molecular formula is C10H8O3. The number of hydrogen-bond acceptors (Lipinski definition) is 3. The maximum absolute atomic E-state index is 11.1. The second-order valence-corrected chi connectivity index (χ2v) is 2.60. The zero-order chi connectivity index (χ0) is 9.84. The standard InChI is InChI=1S/C10H8O3/c1-7(11)2-3-8-6-9(12)4-5-10(8)13/h4-7,11H,1H3. The van der Waals surface area contributed by atoms with Gasteiger partial charge in [0.1, 0.15) is 6.10 Å². The lowest BCUT2D eigenvalue weighted by Crippen LogP contribution is -2.06. The monoisotopic (exact) mass is 176 g/mol. The maximum Gasteiger partial charge on any atom is 0.194 e. The van der Waals surface area contributed by atoms with Crippen LogP contribution in [0.4, 0.5) is 0 Å². The Hall–Kier alpha value is -1.66. The zero-order valence-electron chi connectivity index (χ0n) is 7.07. The van der Waals surface area contributed by atoms with Crippen LogP contribution in [0.3, 0.4) is 0 Å². The third kappa shape index (κ3) is 2.69. The minimum Gasteiger partial charge on any atom is -0.381 e. The van der Waals surface area contributed by atoms with Gasteiger partial charge in [-0.25, -0.2) is 0 Å². The summed E-state index contributed by atoms with van der Waals surface area (Å²) in [4.78, 5) is 21.9. The van der Waals surface area contributed by atoms with E-state index >= 15 is 0 Å². The van der Waals surface area contributed by atoms with Gasteiger partial charge in [-0.3, -0.25) is 9.59 Å². The Bertz CT molecular complexity index is 361. The highest BCUT2D eigenvalue weighted by Gasteiger charge is 2.10. The van der Waals surface area contributed by atoms with Crippen molar-refractivity contribution in [2.45, 2.75) is 13.0 Å². The second-order valence-electron chi connectivity index (χ2n) is 2.60. The number of carbonyl (C=O) groups is 2. The highest BCUT2D eigenvalue weighted by atomic mass is 16.3. The smallest absolute Gasteiger partial charge is 0.194 e. The molecule has 0 saturated heterocycles. The van der Waals surface area contributed by atoms with Crippen molar-refractivity contribution >= 4 is 11.6 Å². The SMILES string of the molecule is CC(O)C#CC1=CC(=O)C=CC1=O. The van der Waals surface area contributed by atoms with Gasteiger partial charge in [-0.05, 0) is 19.1 Å². The third-order valence-corrected chi connectivity index (χ3v) is 1.37. The van der Waals surface area contributed by atoms with Crippen molar-refractivity contribution in [3.8, 4) is 11.8 Å². The molecule has 0 aromatic heterocycles. The van der Waals surface area contributed by atoms with Crippen LogP contribution >= 0.6 is 0 Å². The fourth-order valence-corrected chi connectivity index (χ4v) is 0.789. The quantitative estimate of drug-likeness (QED) is 0.417. The summed E-state index contributed by atoms with van der Waals surface area (Å²) >= 11 is 0. The molecular weight excluding hydrogens is 168 g/mol. The molecule has 3 nitrogen and oxygen atoms in total. The first-order valence-electron chi connectivity index (χ1n) is 3.77. The molecule has 1 aliphatic carbocycles. The zero-order valence-corrected chi connectivity index (χ0v) is 7.07. The maximum atomic E-state index is 11.1. The van der Waals surface area contributed by atoms with Gasteiger partial charge in [-0.2, -0.15) is 0 Å². The van der Waals surface area contributed by atoms with Crippen LogP contribution in [0.5, 0.6) is 0 Å². The van der Waals surface area contributed by atoms with Crippen LogP contribution in [0.15, 0.2) is 23.8 Å².